The molecule has 0 amide bonds. The highest BCUT2D eigenvalue weighted by atomic mass is 15.0. The van der Waals surface area contributed by atoms with Crippen molar-refractivity contribution in [3.05, 3.63) is 53.9 Å². The molecule has 2 rings (SSSR count). The highest BCUT2D eigenvalue weighted by Crippen LogP contribution is 2.13. The zero-order valence-electron chi connectivity index (χ0n) is 9.20. The molecule has 0 aliphatic rings. The highest BCUT2D eigenvalue weighted by molar-refractivity contribution is 5.37. The van der Waals surface area contributed by atoms with Crippen LogP contribution in [0.4, 0.5) is 0 Å². The first-order valence-corrected chi connectivity index (χ1v) is 5.19. The van der Waals surface area contributed by atoms with E-state index in [2.05, 4.69) is 59.4 Å². The Morgan fingerprint density at radius 1 is 1.20 bits per heavy atom. The molecule has 0 radical (unpaired) electrons. The van der Waals surface area contributed by atoms with E-state index in [9.17, 15) is 0 Å². The van der Waals surface area contributed by atoms with Gasteiger partial charge >= 0.3 is 0 Å². The van der Waals surface area contributed by atoms with Gasteiger partial charge in [0.05, 0.1) is 0 Å². The molecule has 0 saturated carbocycles. The highest BCUT2D eigenvalue weighted by Gasteiger charge is 2.01. The first-order chi connectivity index (χ1) is 7.31. The molecule has 0 aliphatic heterocycles. The van der Waals surface area contributed by atoms with Gasteiger partial charge in [-0.15, -0.1) is 0 Å². The van der Waals surface area contributed by atoms with E-state index in [1.54, 1.807) is 0 Å². The Balaban J connectivity index is 2.40. The third kappa shape index (κ3) is 2.10. The summed E-state index contributed by atoms with van der Waals surface area (Å²) in [5.41, 5.74) is 3.80. The SMILES string of the molecule is CNCc1cccn1-c1cccc(C)c1. The van der Waals surface area contributed by atoms with Crippen molar-refractivity contribution in [3.8, 4) is 5.69 Å². The third-order valence-electron chi connectivity index (χ3n) is 2.47. The monoisotopic (exact) mass is 200 g/mol. The van der Waals surface area contributed by atoms with Crippen LogP contribution in [0.1, 0.15) is 11.3 Å². The van der Waals surface area contributed by atoms with Crippen LogP contribution in [0, 0.1) is 6.92 Å². The Bertz CT molecular complexity index is 443. The van der Waals surface area contributed by atoms with Crippen molar-refractivity contribution in [2.75, 3.05) is 7.05 Å². The number of hydrogen-bond donors (Lipinski definition) is 1. The average molecular weight is 200 g/mol. The Kier molecular flexibility index (Phi) is 2.88. The second-order valence-electron chi connectivity index (χ2n) is 3.74. The summed E-state index contributed by atoms with van der Waals surface area (Å²) in [5, 5.41) is 3.17. The number of aromatic nitrogens is 1. The predicted octanol–water partition coefficient (Wildman–Crippen LogP) is 2.51. The summed E-state index contributed by atoms with van der Waals surface area (Å²) in [6, 6.07) is 12.7. The number of hydrogen-bond acceptors (Lipinski definition) is 1. The average Bonchev–Trinajstić information content (AvgIpc) is 2.66. The Hall–Kier alpha value is -1.54. The predicted molar refractivity (Wildman–Crippen MR) is 63.3 cm³/mol. The normalized spacial score (nSPS) is 10.5. The van der Waals surface area contributed by atoms with Gasteiger partial charge in [0, 0.05) is 24.1 Å². The minimum Gasteiger partial charge on any atom is -0.320 e. The molecule has 2 aromatic rings. The van der Waals surface area contributed by atoms with Gasteiger partial charge in [0.15, 0.2) is 0 Å². The molecule has 2 heteroatoms. The summed E-state index contributed by atoms with van der Waals surface area (Å²) in [6.07, 6.45) is 2.10. The van der Waals surface area contributed by atoms with Gasteiger partial charge in [0.2, 0.25) is 0 Å². The first kappa shape index (κ1) is 9.99. The smallest absolute Gasteiger partial charge is 0.0455 e. The number of nitrogens with one attached hydrogen (secondary N) is 1. The van der Waals surface area contributed by atoms with Gasteiger partial charge in [-0.3, -0.25) is 0 Å². The molecule has 2 nitrogen and oxygen atoms in total. The van der Waals surface area contributed by atoms with E-state index in [0.717, 1.165) is 6.54 Å². The van der Waals surface area contributed by atoms with Crippen LogP contribution in [-0.2, 0) is 6.54 Å². The van der Waals surface area contributed by atoms with Crippen LogP contribution in [0.3, 0.4) is 0 Å². The van der Waals surface area contributed by atoms with Crippen LogP contribution in [0.25, 0.3) is 5.69 Å². The number of aryl methyl sites for hydroxylation is 1. The van der Waals surface area contributed by atoms with Gasteiger partial charge in [0.1, 0.15) is 0 Å². The van der Waals surface area contributed by atoms with E-state index in [-0.39, 0.29) is 0 Å². The Morgan fingerprint density at radius 2 is 2.07 bits per heavy atom. The molecule has 1 heterocycles. The van der Waals surface area contributed by atoms with E-state index in [4.69, 9.17) is 0 Å². The van der Waals surface area contributed by atoms with Crippen LogP contribution in [-0.4, -0.2) is 11.6 Å². The van der Waals surface area contributed by atoms with Crippen molar-refractivity contribution < 1.29 is 0 Å². The molecule has 78 valence electrons. The fourth-order valence-corrected chi connectivity index (χ4v) is 1.77. The van der Waals surface area contributed by atoms with Gasteiger partial charge in [-0.05, 0) is 43.8 Å². The van der Waals surface area contributed by atoms with Crippen molar-refractivity contribution in [2.24, 2.45) is 0 Å². The molecule has 1 N–H and O–H groups in total. The van der Waals surface area contributed by atoms with Gasteiger partial charge in [-0.1, -0.05) is 12.1 Å². The minimum absolute atomic E-state index is 0.890. The first-order valence-electron chi connectivity index (χ1n) is 5.19. The lowest BCUT2D eigenvalue weighted by Gasteiger charge is -2.09. The lowest BCUT2D eigenvalue weighted by Crippen LogP contribution is -2.09. The van der Waals surface area contributed by atoms with Gasteiger partial charge in [-0.2, -0.15) is 0 Å². The van der Waals surface area contributed by atoms with Crippen LogP contribution in [0.15, 0.2) is 42.6 Å². The number of rotatable bonds is 3. The van der Waals surface area contributed by atoms with Crippen molar-refractivity contribution in [3.63, 3.8) is 0 Å². The lowest BCUT2D eigenvalue weighted by molar-refractivity contribution is 0.768. The zero-order valence-corrected chi connectivity index (χ0v) is 9.20. The fraction of sp³-hybridized carbons (Fsp3) is 0.231. The molecule has 0 unspecified atom stereocenters. The lowest BCUT2D eigenvalue weighted by atomic mass is 10.2. The zero-order chi connectivity index (χ0) is 10.7. The largest absolute Gasteiger partial charge is 0.320 e. The maximum absolute atomic E-state index is 3.17. The van der Waals surface area contributed by atoms with E-state index in [1.807, 2.05) is 7.05 Å². The summed E-state index contributed by atoms with van der Waals surface area (Å²) < 4.78 is 2.21. The Labute approximate surface area is 90.6 Å². The molecular weight excluding hydrogens is 184 g/mol. The van der Waals surface area contributed by atoms with Crippen LogP contribution in [0.5, 0.6) is 0 Å². The van der Waals surface area contributed by atoms with Gasteiger partial charge < -0.3 is 9.88 Å². The molecule has 0 fully saturated rings. The van der Waals surface area contributed by atoms with E-state index in [0.29, 0.717) is 0 Å². The molecule has 1 aromatic carbocycles. The van der Waals surface area contributed by atoms with Crippen molar-refractivity contribution in [1.82, 2.24) is 9.88 Å². The summed E-state index contributed by atoms with van der Waals surface area (Å²) in [7, 11) is 1.97. The standard InChI is InChI=1S/C13H16N2/c1-11-5-3-6-12(9-11)15-8-4-7-13(15)10-14-2/h3-9,14H,10H2,1-2H3. The molecule has 0 spiro atoms. The Morgan fingerprint density at radius 3 is 2.80 bits per heavy atom. The van der Waals surface area contributed by atoms with Crippen LogP contribution >= 0.6 is 0 Å². The number of nitrogens with zero attached hydrogens (tertiary/aromatic N) is 1. The molecule has 1 aromatic heterocycles. The maximum Gasteiger partial charge on any atom is 0.0455 e. The third-order valence-corrected chi connectivity index (χ3v) is 2.47. The number of benzene rings is 1. The maximum atomic E-state index is 3.17. The molecule has 0 aliphatic carbocycles. The van der Waals surface area contributed by atoms with Crippen molar-refractivity contribution >= 4 is 0 Å². The van der Waals surface area contributed by atoms with Crippen molar-refractivity contribution in [1.29, 1.82) is 0 Å². The van der Waals surface area contributed by atoms with Crippen LogP contribution in [0.2, 0.25) is 0 Å². The van der Waals surface area contributed by atoms with E-state index in [1.165, 1.54) is 16.9 Å². The summed E-state index contributed by atoms with van der Waals surface area (Å²) in [6.45, 7) is 3.01. The molecule has 0 bridgehead atoms. The van der Waals surface area contributed by atoms with Gasteiger partial charge in [-0.25, -0.2) is 0 Å². The molecular formula is C13H16N2. The van der Waals surface area contributed by atoms with Crippen molar-refractivity contribution in [2.45, 2.75) is 13.5 Å². The molecule has 0 saturated heterocycles. The summed E-state index contributed by atoms with van der Waals surface area (Å²) in [4.78, 5) is 0. The van der Waals surface area contributed by atoms with E-state index < -0.39 is 0 Å². The van der Waals surface area contributed by atoms with Crippen LogP contribution < -0.4 is 5.32 Å². The summed E-state index contributed by atoms with van der Waals surface area (Å²) >= 11 is 0. The second-order valence-corrected chi connectivity index (χ2v) is 3.74. The molecule has 15 heavy (non-hydrogen) atoms. The minimum atomic E-state index is 0.890. The molecule has 0 atom stereocenters. The second kappa shape index (κ2) is 4.32. The topological polar surface area (TPSA) is 17.0 Å². The van der Waals surface area contributed by atoms with E-state index >= 15 is 0 Å². The fourth-order valence-electron chi connectivity index (χ4n) is 1.77. The van der Waals surface area contributed by atoms with Gasteiger partial charge in [0.25, 0.3) is 0 Å². The summed E-state index contributed by atoms with van der Waals surface area (Å²) in [5.74, 6) is 0. The quantitative estimate of drug-likeness (QED) is 0.805.